The number of aliphatic hydroxyl groups excluding tert-OH is 1. The summed E-state index contributed by atoms with van der Waals surface area (Å²) < 4.78 is 26.2. The second kappa shape index (κ2) is 8.84. The normalized spacial score (nSPS) is 11.6. The van der Waals surface area contributed by atoms with Crippen LogP contribution in [0.4, 0.5) is 5.69 Å². The van der Waals surface area contributed by atoms with Crippen LogP contribution in [-0.4, -0.2) is 56.5 Å². The molecule has 0 unspecified atom stereocenters. The molecule has 0 aliphatic rings. The van der Waals surface area contributed by atoms with E-state index < -0.39 is 10.0 Å². The van der Waals surface area contributed by atoms with E-state index in [2.05, 4.69) is 5.32 Å². The fourth-order valence-electron chi connectivity index (χ4n) is 1.98. The van der Waals surface area contributed by atoms with Crippen LogP contribution in [0.3, 0.4) is 0 Å². The Bertz CT molecular complexity index is 586. The highest BCUT2D eigenvalue weighted by Gasteiger charge is 2.21. The maximum Gasteiger partial charge on any atom is 0.279 e. The number of nitrogens with zero attached hydrogens (tertiary/aromatic N) is 1. The van der Waals surface area contributed by atoms with Gasteiger partial charge in [-0.05, 0) is 18.2 Å². The molecule has 0 aromatic heterocycles. The van der Waals surface area contributed by atoms with Crippen molar-refractivity contribution >= 4 is 21.6 Å². The molecule has 0 fully saturated rings. The first-order chi connectivity index (χ1) is 10.5. The van der Waals surface area contributed by atoms with Crippen molar-refractivity contribution in [1.29, 1.82) is 0 Å². The Labute approximate surface area is 131 Å². The summed E-state index contributed by atoms with van der Waals surface area (Å²) in [6, 6.07) is 6.22. The number of hydrogen-bond acceptors (Lipinski definition) is 4. The summed E-state index contributed by atoms with van der Waals surface area (Å²) in [5.74, 6) is -0.245. The van der Waals surface area contributed by atoms with E-state index in [9.17, 15) is 13.2 Å². The van der Waals surface area contributed by atoms with Gasteiger partial charge in [-0.25, -0.2) is 8.42 Å². The van der Waals surface area contributed by atoms with Crippen LogP contribution >= 0.6 is 0 Å². The van der Waals surface area contributed by atoms with Gasteiger partial charge in [-0.1, -0.05) is 19.9 Å². The number of nitrogens with two attached hydrogens (primary N) is 1. The minimum Gasteiger partial charge on any atom is -0.391 e. The lowest BCUT2D eigenvalue weighted by Crippen LogP contribution is -2.87. The van der Waals surface area contributed by atoms with Gasteiger partial charge in [0.2, 0.25) is 10.0 Å². The molecule has 1 aromatic rings. The number of nitrogens with one attached hydrogen (secondary N) is 1. The molecular weight excluding hydrogens is 306 g/mol. The maximum absolute atomic E-state index is 12.4. The van der Waals surface area contributed by atoms with Crippen LogP contribution in [0.25, 0.3) is 0 Å². The number of aliphatic hydroxyl groups is 1. The number of anilines is 1. The van der Waals surface area contributed by atoms with E-state index in [0.29, 0.717) is 25.3 Å². The van der Waals surface area contributed by atoms with Crippen molar-refractivity contribution < 1.29 is 23.6 Å². The fraction of sp³-hybridized carbons (Fsp3) is 0.500. The molecule has 0 spiro atoms. The van der Waals surface area contributed by atoms with E-state index >= 15 is 0 Å². The van der Waals surface area contributed by atoms with Crippen LogP contribution in [0.2, 0.25) is 0 Å². The average Bonchev–Trinajstić information content (AvgIpc) is 2.48. The SMILES string of the molecule is CCN(CC)S(=O)(=O)c1cccc(NC(=O)C[NH2+]CCO)c1. The number of sulfonamides is 1. The van der Waals surface area contributed by atoms with E-state index in [0.717, 1.165) is 0 Å². The Morgan fingerprint density at radius 3 is 2.59 bits per heavy atom. The highest BCUT2D eigenvalue weighted by atomic mass is 32.2. The Hall–Kier alpha value is -1.48. The molecule has 0 saturated carbocycles. The van der Waals surface area contributed by atoms with Gasteiger partial charge < -0.3 is 15.7 Å². The van der Waals surface area contributed by atoms with Gasteiger partial charge in [0.25, 0.3) is 5.91 Å². The summed E-state index contributed by atoms with van der Waals surface area (Å²) in [5, 5.41) is 13.0. The molecule has 8 heteroatoms. The standard InChI is InChI=1S/C14H23N3O4S/c1-3-17(4-2)22(20,21)13-7-5-6-12(10-13)16-14(19)11-15-8-9-18/h5-7,10,15,18H,3-4,8-9,11H2,1-2H3,(H,16,19)/p+1. The number of hydrogen-bond donors (Lipinski definition) is 3. The Morgan fingerprint density at radius 2 is 2.00 bits per heavy atom. The summed E-state index contributed by atoms with van der Waals surface area (Å²) in [6.07, 6.45) is 0. The number of amides is 1. The van der Waals surface area contributed by atoms with Gasteiger partial charge in [0.15, 0.2) is 6.54 Å². The third-order valence-corrected chi connectivity index (χ3v) is 5.17. The van der Waals surface area contributed by atoms with Gasteiger partial charge in [-0.2, -0.15) is 4.31 Å². The van der Waals surface area contributed by atoms with Crippen LogP contribution < -0.4 is 10.6 Å². The molecule has 0 aliphatic heterocycles. The van der Waals surface area contributed by atoms with Crippen molar-refractivity contribution in [3.8, 4) is 0 Å². The van der Waals surface area contributed by atoms with Crippen LogP contribution in [0.5, 0.6) is 0 Å². The zero-order valence-electron chi connectivity index (χ0n) is 12.9. The zero-order valence-corrected chi connectivity index (χ0v) is 13.8. The van der Waals surface area contributed by atoms with E-state index in [4.69, 9.17) is 5.11 Å². The number of carbonyl (C=O) groups excluding carboxylic acids is 1. The Morgan fingerprint density at radius 1 is 1.32 bits per heavy atom. The predicted octanol–water partition coefficient (Wildman–Crippen LogP) is -0.789. The van der Waals surface area contributed by atoms with Crippen molar-refractivity contribution in [2.24, 2.45) is 0 Å². The zero-order chi connectivity index (χ0) is 16.6. The lowest BCUT2D eigenvalue weighted by molar-refractivity contribution is -0.644. The third kappa shape index (κ3) is 5.06. The molecule has 1 aromatic carbocycles. The minimum absolute atomic E-state index is 0.00484. The van der Waals surface area contributed by atoms with Gasteiger partial charge in [0.05, 0.1) is 18.0 Å². The summed E-state index contributed by atoms with van der Waals surface area (Å²) >= 11 is 0. The number of benzene rings is 1. The van der Waals surface area contributed by atoms with Crippen LogP contribution in [0.1, 0.15) is 13.8 Å². The molecule has 7 nitrogen and oxygen atoms in total. The van der Waals surface area contributed by atoms with Gasteiger partial charge in [-0.3, -0.25) is 4.79 Å². The Kier molecular flexibility index (Phi) is 7.46. The second-order valence-corrected chi connectivity index (χ2v) is 6.61. The van der Waals surface area contributed by atoms with Gasteiger partial charge in [0, 0.05) is 18.8 Å². The molecule has 4 N–H and O–H groups in total. The molecule has 0 bridgehead atoms. The number of carbonyl (C=O) groups is 1. The molecule has 1 rings (SSSR count). The molecule has 0 aliphatic carbocycles. The summed E-state index contributed by atoms with van der Waals surface area (Å²) in [4.78, 5) is 11.9. The molecular formula is C14H24N3O4S+. The van der Waals surface area contributed by atoms with E-state index in [-0.39, 0.29) is 24.0 Å². The third-order valence-electron chi connectivity index (χ3n) is 3.12. The fourth-order valence-corrected chi connectivity index (χ4v) is 3.49. The highest BCUT2D eigenvalue weighted by molar-refractivity contribution is 7.89. The quantitative estimate of drug-likeness (QED) is 0.516. The van der Waals surface area contributed by atoms with E-state index in [1.165, 1.54) is 16.4 Å². The summed E-state index contributed by atoms with van der Waals surface area (Å²) in [5.41, 5.74) is 0.440. The smallest absolute Gasteiger partial charge is 0.279 e. The van der Waals surface area contributed by atoms with Crippen molar-refractivity contribution in [3.63, 3.8) is 0 Å². The molecule has 0 heterocycles. The number of rotatable bonds is 9. The lowest BCUT2D eigenvalue weighted by atomic mass is 10.3. The number of quaternary nitrogens is 1. The van der Waals surface area contributed by atoms with Crippen LogP contribution in [0, 0.1) is 0 Å². The first-order valence-corrected chi connectivity index (χ1v) is 8.72. The van der Waals surface area contributed by atoms with Gasteiger partial charge in [0.1, 0.15) is 0 Å². The summed E-state index contributed by atoms with van der Waals surface area (Å²) in [7, 11) is -3.54. The van der Waals surface area contributed by atoms with Gasteiger partial charge in [-0.15, -0.1) is 0 Å². The lowest BCUT2D eigenvalue weighted by Gasteiger charge is -2.18. The molecule has 1 amide bonds. The highest BCUT2D eigenvalue weighted by Crippen LogP contribution is 2.19. The first-order valence-electron chi connectivity index (χ1n) is 7.28. The average molecular weight is 330 g/mol. The predicted molar refractivity (Wildman–Crippen MR) is 83.9 cm³/mol. The van der Waals surface area contributed by atoms with Crippen molar-refractivity contribution in [2.75, 3.05) is 38.1 Å². The summed E-state index contributed by atoms with van der Waals surface area (Å²) in [6.45, 7) is 4.98. The van der Waals surface area contributed by atoms with Crippen molar-refractivity contribution in [3.05, 3.63) is 24.3 Å². The van der Waals surface area contributed by atoms with E-state index in [1.807, 2.05) is 0 Å². The minimum atomic E-state index is -3.54. The van der Waals surface area contributed by atoms with Gasteiger partial charge >= 0.3 is 0 Å². The maximum atomic E-state index is 12.4. The molecule has 0 radical (unpaired) electrons. The van der Waals surface area contributed by atoms with E-state index in [1.54, 1.807) is 31.3 Å². The molecule has 0 saturated heterocycles. The molecule has 0 atom stereocenters. The van der Waals surface area contributed by atoms with Crippen LogP contribution in [-0.2, 0) is 14.8 Å². The topological polar surface area (TPSA) is 103 Å². The first kappa shape index (κ1) is 18.6. The second-order valence-electron chi connectivity index (χ2n) is 4.67. The largest absolute Gasteiger partial charge is 0.391 e. The van der Waals surface area contributed by atoms with Crippen molar-refractivity contribution in [2.45, 2.75) is 18.7 Å². The Balaban J connectivity index is 2.84. The molecule has 22 heavy (non-hydrogen) atoms. The monoisotopic (exact) mass is 330 g/mol. The van der Waals surface area contributed by atoms with Crippen molar-refractivity contribution in [1.82, 2.24) is 4.31 Å². The van der Waals surface area contributed by atoms with Crippen LogP contribution in [0.15, 0.2) is 29.2 Å². The molecule has 124 valence electrons.